The third kappa shape index (κ3) is 6.66. The first-order chi connectivity index (χ1) is 8.74. The van der Waals surface area contributed by atoms with Crippen LogP contribution in [0.1, 0.15) is 31.0 Å². The Labute approximate surface area is 140 Å². The monoisotopic (exact) mass is 335 g/mol. The van der Waals surface area contributed by atoms with E-state index in [1.54, 1.807) is 0 Å². The van der Waals surface area contributed by atoms with Crippen LogP contribution in [0.5, 0.6) is 0 Å². The number of amides is 1. The summed E-state index contributed by atoms with van der Waals surface area (Å²) >= 11 is 0. The van der Waals surface area contributed by atoms with Gasteiger partial charge in [0.05, 0.1) is 0 Å². The number of carbonyl (C=O) groups excluding carboxylic acids is 1. The molecule has 0 fully saturated rings. The first-order valence-electron chi connectivity index (χ1n) is 6.51. The van der Waals surface area contributed by atoms with Gasteiger partial charge in [0.2, 0.25) is 5.91 Å². The van der Waals surface area contributed by atoms with Crippen molar-refractivity contribution in [3.63, 3.8) is 0 Å². The summed E-state index contributed by atoms with van der Waals surface area (Å²) in [6.07, 6.45) is 0. The van der Waals surface area contributed by atoms with Crippen molar-refractivity contribution in [1.29, 1.82) is 0 Å². The summed E-state index contributed by atoms with van der Waals surface area (Å²) in [6.45, 7) is 6.72. The highest BCUT2D eigenvalue weighted by Crippen LogP contribution is 2.13. The first kappa shape index (κ1) is 22.5. The van der Waals surface area contributed by atoms with E-state index in [0.29, 0.717) is 6.54 Å². The molecule has 1 unspecified atom stereocenters. The van der Waals surface area contributed by atoms with Gasteiger partial charge in [0.15, 0.2) is 0 Å². The molecule has 21 heavy (non-hydrogen) atoms. The van der Waals surface area contributed by atoms with Gasteiger partial charge in [-0.05, 0) is 40.4 Å². The number of benzene rings is 1. The molecule has 0 aliphatic heterocycles. The minimum Gasteiger partial charge on any atom is -0.353 e. The molecule has 0 aromatic heterocycles. The molecule has 0 saturated heterocycles. The van der Waals surface area contributed by atoms with Gasteiger partial charge in [-0.2, -0.15) is 0 Å². The van der Waals surface area contributed by atoms with E-state index < -0.39 is 6.04 Å². The van der Waals surface area contributed by atoms with Crippen molar-refractivity contribution in [2.24, 2.45) is 5.73 Å². The molecule has 0 saturated carbocycles. The van der Waals surface area contributed by atoms with Crippen molar-refractivity contribution in [2.75, 3.05) is 20.6 Å². The van der Waals surface area contributed by atoms with Crippen LogP contribution in [0.15, 0.2) is 24.3 Å². The number of halogens is 2. The Morgan fingerprint density at radius 1 is 1.24 bits per heavy atom. The quantitative estimate of drug-likeness (QED) is 0.867. The summed E-state index contributed by atoms with van der Waals surface area (Å²) in [7, 11) is 3.98. The molecule has 6 heteroatoms. The lowest BCUT2D eigenvalue weighted by atomic mass is 10.0. The zero-order valence-electron chi connectivity index (χ0n) is 13.3. The van der Waals surface area contributed by atoms with E-state index in [9.17, 15) is 4.79 Å². The first-order valence-corrected chi connectivity index (χ1v) is 6.51. The summed E-state index contributed by atoms with van der Waals surface area (Å²) in [5.41, 5.74) is 7.87. The zero-order valence-corrected chi connectivity index (χ0v) is 15.0. The Hall–Kier alpha value is -0.810. The van der Waals surface area contributed by atoms with Gasteiger partial charge in [-0.1, -0.05) is 29.8 Å². The van der Waals surface area contributed by atoms with Gasteiger partial charge in [-0.3, -0.25) is 4.79 Å². The largest absolute Gasteiger partial charge is 0.353 e. The van der Waals surface area contributed by atoms with Crippen LogP contribution in [0.2, 0.25) is 0 Å². The number of nitrogens with zero attached hydrogens (tertiary/aromatic N) is 1. The van der Waals surface area contributed by atoms with Crippen LogP contribution in [0.3, 0.4) is 0 Å². The normalized spacial score (nSPS) is 12.1. The van der Waals surface area contributed by atoms with E-state index in [4.69, 9.17) is 5.73 Å². The van der Waals surface area contributed by atoms with Crippen molar-refractivity contribution >= 4 is 30.7 Å². The molecule has 0 aliphatic rings. The fourth-order valence-corrected chi connectivity index (χ4v) is 1.50. The van der Waals surface area contributed by atoms with E-state index in [-0.39, 0.29) is 36.3 Å². The minimum absolute atomic E-state index is 0. The minimum atomic E-state index is -0.612. The smallest absolute Gasteiger partial charge is 0.241 e. The van der Waals surface area contributed by atoms with Crippen molar-refractivity contribution in [1.82, 2.24) is 10.2 Å². The molecule has 0 radical (unpaired) electrons. The number of nitrogens with one attached hydrogen (secondary N) is 1. The van der Waals surface area contributed by atoms with Crippen LogP contribution in [-0.2, 0) is 4.79 Å². The highest BCUT2D eigenvalue weighted by atomic mass is 35.5. The molecule has 3 N–H and O–H groups in total. The molecule has 1 aromatic carbocycles. The van der Waals surface area contributed by atoms with Crippen molar-refractivity contribution in [3.05, 3.63) is 35.4 Å². The van der Waals surface area contributed by atoms with E-state index in [1.165, 1.54) is 0 Å². The molecule has 0 heterocycles. The van der Waals surface area contributed by atoms with Crippen LogP contribution in [-0.4, -0.2) is 37.0 Å². The maximum absolute atomic E-state index is 12.0. The topological polar surface area (TPSA) is 58.4 Å². The maximum Gasteiger partial charge on any atom is 0.241 e. The van der Waals surface area contributed by atoms with E-state index >= 15 is 0 Å². The Morgan fingerprint density at radius 2 is 1.71 bits per heavy atom. The molecule has 0 bridgehead atoms. The SMILES string of the molecule is Cc1ccc(C(N)C(=O)NCC(C)(C)N(C)C)cc1.Cl.Cl. The van der Waals surface area contributed by atoms with Crippen LogP contribution in [0.4, 0.5) is 0 Å². The van der Waals surface area contributed by atoms with Gasteiger partial charge in [-0.25, -0.2) is 0 Å². The molecule has 122 valence electrons. The van der Waals surface area contributed by atoms with Crippen LogP contribution in [0, 0.1) is 6.92 Å². The van der Waals surface area contributed by atoms with Gasteiger partial charge in [-0.15, -0.1) is 24.8 Å². The molecular formula is C15H27Cl2N3O. The molecular weight excluding hydrogens is 309 g/mol. The average Bonchev–Trinajstić information content (AvgIpc) is 2.36. The number of rotatable bonds is 5. The molecule has 1 aromatic rings. The zero-order chi connectivity index (χ0) is 14.6. The number of carbonyl (C=O) groups is 1. The summed E-state index contributed by atoms with van der Waals surface area (Å²) in [4.78, 5) is 14.1. The fourth-order valence-electron chi connectivity index (χ4n) is 1.50. The van der Waals surface area contributed by atoms with E-state index in [2.05, 4.69) is 24.1 Å². The van der Waals surface area contributed by atoms with Crippen LogP contribution < -0.4 is 11.1 Å². The Kier molecular flexibility index (Phi) is 9.91. The molecule has 0 aliphatic carbocycles. The lowest BCUT2D eigenvalue weighted by molar-refractivity contribution is -0.123. The highest BCUT2D eigenvalue weighted by Gasteiger charge is 2.23. The molecule has 0 spiro atoms. The van der Waals surface area contributed by atoms with Gasteiger partial charge >= 0.3 is 0 Å². The number of hydrogen-bond acceptors (Lipinski definition) is 3. The predicted molar refractivity (Wildman–Crippen MR) is 93.4 cm³/mol. The van der Waals surface area contributed by atoms with Crippen molar-refractivity contribution < 1.29 is 4.79 Å². The van der Waals surface area contributed by atoms with Crippen molar-refractivity contribution in [2.45, 2.75) is 32.4 Å². The lowest BCUT2D eigenvalue weighted by Crippen LogP contribution is -2.49. The molecule has 1 rings (SSSR count). The Balaban J connectivity index is 0. The number of aryl methyl sites for hydroxylation is 1. The maximum atomic E-state index is 12.0. The number of hydrogen-bond donors (Lipinski definition) is 2. The molecule has 4 nitrogen and oxygen atoms in total. The lowest BCUT2D eigenvalue weighted by Gasteiger charge is -2.33. The standard InChI is InChI=1S/C15H25N3O.2ClH/c1-11-6-8-12(9-7-11)13(16)14(19)17-10-15(2,3)18(4)5;;/h6-9,13H,10,16H2,1-5H3,(H,17,19);2*1H. The third-order valence-electron chi connectivity index (χ3n) is 3.62. The van der Waals surface area contributed by atoms with E-state index in [0.717, 1.165) is 11.1 Å². The summed E-state index contributed by atoms with van der Waals surface area (Å²) in [5, 5.41) is 2.91. The second-order valence-corrected chi connectivity index (χ2v) is 5.81. The summed E-state index contributed by atoms with van der Waals surface area (Å²) < 4.78 is 0. The van der Waals surface area contributed by atoms with E-state index in [1.807, 2.05) is 45.3 Å². The second kappa shape index (κ2) is 9.26. The number of nitrogens with two attached hydrogens (primary N) is 1. The predicted octanol–water partition coefficient (Wildman–Crippen LogP) is 2.29. The Morgan fingerprint density at radius 3 is 2.14 bits per heavy atom. The summed E-state index contributed by atoms with van der Waals surface area (Å²) in [5.74, 6) is -0.140. The number of likely N-dealkylation sites (N-methyl/N-ethyl adjacent to an activating group) is 1. The van der Waals surface area contributed by atoms with Gasteiger partial charge in [0.1, 0.15) is 6.04 Å². The average molecular weight is 336 g/mol. The second-order valence-electron chi connectivity index (χ2n) is 5.81. The van der Waals surface area contributed by atoms with Gasteiger partial charge in [0, 0.05) is 12.1 Å². The van der Waals surface area contributed by atoms with Crippen LogP contribution in [0.25, 0.3) is 0 Å². The van der Waals surface area contributed by atoms with Gasteiger partial charge < -0.3 is 16.0 Å². The van der Waals surface area contributed by atoms with Crippen molar-refractivity contribution in [3.8, 4) is 0 Å². The fraction of sp³-hybridized carbons (Fsp3) is 0.533. The molecule has 1 atom stereocenters. The Bertz CT molecular complexity index is 433. The summed E-state index contributed by atoms with van der Waals surface area (Å²) in [6, 6.07) is 7.12. The molecule has 1 amide bonds. The van der Waals surface area contributed by atoms with Crippen LogP contribution >= 0.6 is 24.8 Å². The highest BCUT2D eigenvalue weighted by molar-refractivity contribution is 5.85. The third-order valence-corrected chi connectivity index (χ3v) is 3.62. The van der Waals surface area contributed by atoms with Gasteiger partial charge in [0.25, 0.3) is 0 Å².